The Morgan fingerprint density at radius 1 is 1.40 bits per heavy atom. The minimum Gasteiger partial charge on any atom is -0.508 e. The van der Waals surface area contributed by atoms with Gasteiger partial charge in [-0.1, -0.05) is 0 Å². The number of carbonyl (C=O) groups is 1. The normalized spacial score (nSPS) is 10.6. The predicted molar refractivity (Wildman–Crippen MR) is 60.0 cm³/mol. The molecule has 1 N–H and O–H groups in total. The van der Waals surface area contributed by atoms with Crippen LogP contribution in [0.5, 0.6) is 5.75 Å². The summed E-state index contributed by atoms with van der Waals surface area (Å²) in [6.07, 6.45) is 3.20. The molecular formula is C12H15NO2. The van der Waals surface area contributed by atoms with Crippen LogP contribution < -0.4 is 0 Å². The number of phenols is 1. The number of aryl methyl sites for hydroxylation is 1. The zero-order valence-corrected chi connectivity index (χ0v) is 9.19. The maximum absolute atomic E-state index is 11.6. The van der Waals surface area contributed by atoms with Crippen molar-refractivity contribution >= 4 is 5.78 Å². The fourth-order valence-corrected chi connectivity index (χ4v) is 1.12. The largest absolute Gasteiger partial charge is 0.508 e. The van der Waals surface area contributed by atoms with Gasteiger partial charge in [-0.3, -0.25) is 4.79 Å². The van der Waals surface area contributed by atoms with Gasteiger partial charge in [0.1, 0.15) is 5.75 Å². The molecule has 3 nitrogen and oxygen atoms in total. The first-order valence-electron chi connectivity index (χ1n) is 4.69. The van der Waals surface area contributed by atoms with Gasteiger partial charge in [0, 0.05) is 31.9 Å². The zero-order chi connectivity index (χ0) is 11.4. The molecule has 1 aromatic rings. The third kappa shape index (κ3) is 3.13. The Hall–Kier alpha value is -1.77. The molecule has 1 aromatic carbocycles. The molecule has 0 bridgehead atoms. The van der Waals surface area contributed by atoms with E-state index in [9.17, 15) is 9.90 Å². The summed E-state index contributed by atoms with van der Waals surface area (Å²) >= 11 is 0. The van der Waals surface area contributed by atoms with E-state index in [-0.39, 0.29) is 11.5 Å². The van der Waals surface area contributed by atoms with Crippen molar-refractivity contribution in [2.45, 2.75) is 6.92 Å². The molecule has 0 fully saturated rings. The van der Waals surface area contributed by atoms with Crippen LogP contribution in [0.3, 0.4) is 0 Å². The van der Waals surface area contributed by atoms with E-state index in [1.807, 2.05) is 14.1 Å². The third-order valence-corrected chi connectivity index (χ3v) is 2.01. The van der Waals surface area contributed by atoms with Gasteiger partial charge in [0.2, 0.25) is 0 Å². The van der Waals surface area contributed by atoms with E-state index in [0.717, 1.165) is 0 Å². The van der Waals surface area contributed by atoms with Crippen molar-refractivity contribution in [2.75, 3.05) is 14.1 Å². The minimum atomic E-state index is -0.0631. The molecule has 0 heterocycles. The lowest BCUT2D eigenvalue weighted by atomic mass is 10.1. The molecule has 15 heavy (non-hydrogen) atoms. The summed E-state index contributed by atoms with van der Waals surface area (Å²) in [5.74, 6) is 0.148. The second kappa shape index (κ2) is 4.64. The fourth-order valence-electron chi connectivity index (χ4n) is 1.12. The molecular weight excluding hydrogens is 190 g/mol. The first kappa shape index (κ1) is 11.3. The van der Waals surface area contributed by atoms with Crippen LogP contribution in [0.4, 0.5) is 0 Å². The van der Waals surface area contributed by atoms with E-state index in [2.05, 4.69) is 0 Å². The number of allylic oxidation sites excluding steroid dienone is 1. The quantitative estimate of drug-likeness (QED) is 0.605. The average Bonchev–Trinajstić information content (AvgIpc) is 2.18. The molecule has 0 atom stereocenters. The van der Waals surface area contributed by atoms with Crippen LogP contribution in [0.1, 0.15) is 15.9 Å². The molecule has 0 unspecified atom stereocenters. The maximum atomic E-state index is 11.6. The molecule has 1 rings (SSSR count). The highest BCUT2D eigenvalue weighted by Crippen LogP contribution is 2.17. The first-order valence-corrected chi connectivity index (χ1v) is 4.69. The van der Waals surface area contributed by atoms with Gasteiger partial charge in [-0.2, -0.15) is 0 Å². The van der Waals surface area contributed by atoms with Crippen molar-refractivity contribution in [3.05, 3.63) is 41.6 Å². The SMILES string of the molecule is Cc1cc(C(=O)/C=C/N(C)C)ccc1O. The van der Waals surface area contributed by atoms with E-state index in [1.165, 1.54) is 12.1 Å². The number of phenolic OH excluding ortho intramolecular Hbond substituents is 1. The number of hydrogen-bond acceptors (Lipinski definition) is 3. The Bertz CT molecular complexity index is 395. The van der Waals surface area contributed by atoms with Crippen LogP contribution in [0, 0.1) is 6.92 Å². The van der Waals surface area contributed by atoms with E-state index in [4.69, 9.17) is 0 Å². The summed E-state index contributed by atoms with van der Waals surface area (Å²) < 4.78 is 0. The number of benzene rings is 1. The Labute approximate surface area is 89.6 Å². The second-order valence-corrected chi connectivity index (χ2v) is 3.64. The van der Waals surface area contributed by atoms with Crippen molar-refractivity contribution < 1.29 is 9.90 Å². The Kier molecular flexibility index (Phi) is 3.50. The van der Waals surface area contributed by atoms with Gasteiger partial charge >= 0.3 is 0 Å². The lowest BCUT2D eigenvalue weighted by Gasteiger charge is -2.04. The summed E-state index contributed by atoms with van der Waals surface area (Å²) in [5.41, 5.74) is 1.29. The first-order chi connectivity index (χ1) is 7.00. The molecule has 0 radical (unpaired) electrons. The van der Waals surface area contributed by atoms with Gasteiger partial charge in [0.15, 0.2) is 5.78 Å². The average molecular weight is 205 g/mol. The summed E-state index contributed by atoms with van der Waals surface area (Å²) in [5, 5.41) is 9.31. The molecule has 0 saturated carbocycles. The fraction of sp³-hybridized carbons (Fsp3) is 0.250. The molecule has 0 aliphatic carbocycles. The van der Waals surface area contributed by atoms with Crippen LogP contribution >= 0.6 is 0 Å². The highest BCUT2D eigenvalue weighted by molar-refractivity contribution is 6.04. The highest BCUT2D eigenvalue weighted by atomic mass is 16.3. The topological polar surface area (TPSA) is 40.5 Å². The van der Waals surface area contributed by atoms with Crippen LogP contribution in [0.2, 0.25) is 0 Å². The lowest BCUT2D eigenvalue weighted by molar-refractivity contribution is 0.104. The molecule has 80 valence electrons. The Morgan fingerprint density at radius 3 is 2.60 bits per heavy atom. The molecule has 0 amide bonds. The molecule has 0 spiro atoms. The highest BCUT2D eigenvalue weighted by Gasteiger charge is 2.03. The number of ketones is 1. The number of aromatic hydroxyl groups is 1. The Balaban J connectivity index is 2.88. The van der Waals surface area contributed by atoms with Crippen LogP contribution in [0.25, 0.3) is 0 Å². The number of nitrogens with zero attached hydrogens (tertiary/aromatic N) is 1. The summed E-state index contributed by atoms with van der Waals surface area (Å²) in [6, 6.07) is 4.83. The molecule has 0 aromatic heterocycles. The van der Waals surface area contributed by atoms with E-state index >= 15 is 0 Å². The minimum absolute atomic E-state index is 0.0631. The zero-order valence-electron chi connectivity index (χ0n) is 9.19. The van der Waals surface area contributed by atoms with Crippen LogP contribution in [-0.2, 0) is 0 Å². The van der Waals surface area contributed by atoms with E-state index in [1.54, 1.807) is 30.2 Å². The summed E-state index contributed by atoms with van der Waals surface area (Å²) in [6.45, 7) is 1.77. The number of hydrogen-bond donors (Lipinski definition) is 1. The smallest absolute Gasteiger partial charge is 0.187 e. The maximum Gasteiger partial charge on any atom is 0.187 e. The standard InChI is InChI=1S/C12H15NO2/c1-9-8-10(4-5-11(9)14)12(15)6-7-13(2)3/h4-8,14H,1-3H3/b7-6+. The lowest BCUT2D eigenvalue weighted by Crippen LogP contribution is -2.03. The van der Waals surface area contributed by atoms with Gasteiger partial charge in [-0.15, -0.1) is 0 Å². The van der Waals surface area contributed by atoms with Gasteiger partial charge in [-0.25, -0.2) is 0 Å². The van der Waals surface area contributed by atoms with Gasteiger partial charge < -0.3 is 10.0 Å². The van der Waals surface area contributed by atoms with E-state index < -0.39 is 0 Å². The molecule has 0 saturated heterocycles. The van der Waals surface area contributed by atoms with E-state index in [0.29, 0.717) is 11.1 Å². The Morgan fingerprint density at radius 2 is 2.07 bits per heavy atom. The number of rotatable bonds is 3. The van der Waals surface area contributed by atoms with Crippen LogP contribution in [-0.4, -0.2) is 29.9 Å². The van der Waals surface area contributed by atoms with Crippen LogP contribution in [0.15, 0.2) is 30.5 Å². The monoisotopic (exact) mass is 205 g/mol. The van der Waals surface area contributed by atoms with Gasteiger partial charge in [0.25, 0.3) is 0 Å². The van der Waals surface area contributed by atoms with Crippen molar-refractivity contribution in [1.82, 2.24) is 4.90 Å². The van der Waals surface area contributed by atoms with Crippen molar-refractivity contribution in [2.24, 2.45) is 0 Å². The molecule has 3 heteroatoms. The van der Waals surface area contributed by atoms with Gasteiger partial charge in [0.05, 0.1) is 0 Å². The molecule has 0 aliphatic heterocycles. The van der Waals surface area contributed by atoms with Gasteiger partial charge in [-0.05, 0) is 30.7 Å². The van der Waals surface area contributed by atoms with Crippen molar-refractivity contribution in [3.8, 4) is 5.75 Å². The molecule has 0 aliphatic rings. The predicted octanol–water partition coefficient (Wildman–Crippen LogP) is 1.96. The number of carbonyl (C=O) groups excluding carboxylic acids is 1. The summed E-state index contributed by atoms with van der Waals surface area (Å²) in [4.78, 5) is 13.4. The second-order valence-electron chi connectivity index (χ2n) is 3.64. The van der Waals surface area contributed by atoms with Crippen molar-refractivity contribution in [3.63, 3.8) is 0 Å². The summed E-state index contributed by atoms with van der Waals surface area (Å²) in [7, 11) is 3.71. The third-order valence-electron chi connectivity index (χ3n) is 2.01. The van der Waals surface area contributed by atoms with Crippen molar-refractivity contribution in [1.29, 1.82) is 0 Å².